The Labute approximate surface area is 163 Å². The molecule has 0 aliphatic heterocycles. The zero-order valence-corrected chi connectivity index (χ0v) is 16.3. The summed E-state index contributed by atoms with van der Waals surface area (Å²) in [5, 5.41) is 13.6. The molecule has 6 heteroatoms. The molecule has 0 aliphatic rings. The molecule has 0 aliphatic carbocycles. The van der Waals surface area contributed by atoms with Crippen LogP contribution < -0.4 is 10.1 Å². The van der Waals surface area contributed by atoms with E-state index in [2.05, 4.69) is 21.4 Å². The number of nitrogens with zero attached hydrogens (tertiary/aromatic N) is 3. The third kappa shape index (κ3) is 4.39. The Morgan fingerprint density at radius 3 is 2.37 bits per heavy atom. The van der Waals surface area contributed by atoms with Crippen LogP contribution in [0.5, 0.6) is 5.75 Å². The van der Waals surface area contributed by atoms with Crippen LogP contribution in [0.15, 0.2) is 53.7 Å². The molecule has 0 fully saturated rings. The maximum absolute atomic E-state index is 9.77. The van der Waals surface area contributed by atoms with Crippen LogP contribution in [0.1, 0.15) is 18.1 Å². The maximum Gasteiger partial charge on any atom is 0.189 e. The van der Waals surface area contributed by atoms with E-state index in [0.717, 1.165) is 22.6 Å². The smallest absolute Gasteiger partial charge is 0.189 e. The Bertz CT molecular complexity index is 963. The number of thioether (sulfide) groups is 1. The average molecular weight is 376 g/mol. The van der Waals surface area contributed by atoms with Crippen molar-refractivity contribution in [1.29, 1.82) is 5.26 Å². The van der Waals surface area contributed by atoms with Crippen molar-refractivity contribution >= 4 is 23.3 Å². The summed E-state index contributed by atoms with van der Waals surface area (Å²) in [5.74, 6) is 1.30. The number of hydrogen-bond acceptors (Lipinski definition) is 6. The molecule has 3 rings (SSSR count). The largest absolute Gasteiger partial charge is 0.494 e. The highest BCUT2D eigenvalue weighted by Gasteiger charge is 2.16. The Morgan fingerprint density at radius 1 is 1.07 bits per heavy atom. The van der Waals surface area contributed by atoms with E-state index in [1.54, 1.807) is 0 Å². The van der Waals surface area contributed by atoms with E-state index in [0.29, 0.717) is 28.8 Å². The summed E-state index contributed by atoms with van der Waals surface area (Å²) in [6.45, 7) is 4.60. The van der Waals surface area contributed by atoms with Gasteiger partial charge < -0.3 is 10.1 Å². The van der Waals surface area contributed by atoms with Crippen molar-refractivity contribution in [2.75, 3.05) is 18.2 Å². The Balaban J connectivity index is 2.02. The summed E-state index contributed by atoms with van der Waals surface area (Å²) >= 11 is 1.44. The van der Waals surface area contributed by atoms with Gasteiger partial charge in [-0.1, -0.05) is 41.6 Å². The van der Waals surface area contributed by atoms with Crippen LogP contribution in [-0.4, -0.2) is 22.8 Å². The number of rotatable bonds is 6. The van der Waals surface area contributed by atoms with Gasteiger partial charge in [0.1, 0.15) is 17.4 Å². The van der Waals surface area contributed by atoms with E-state index in [4.69, 9.17) is 4.74 Å². The van der Waals surface area contributed by atoms with Crippen LogP contribution >= 0.6 is 11.8 Å². The van der Waals surface area contributed by atoms with Crippen molar-refractivity contribution in [3.05, 3.63) is 59.7 Å². The van der Waals surface area contributed by atoms with Crippen LogP contribution in [0, 0.1) is 18.3 Å². The lowest BCUT2D eigenvalue weighted by Crippen LogP contribution is -2.03. The normalized spacial score (nSPS) is 10.3. The van der Waals surface area contributed by atoms with Gasteiger partial charge in [0, 0.05) is 11.3 Å². The third-order valence-corrected chi connectivity index (χ3v) is 4.48. The second kappa shape index (κ2) is 8.56. The third-order valence-electron chi connectivity index (χ3n) is 3.94. The second-order valence-electron chi connectivity index (χ2n) is 5.84. The fraction of sp³-hybridized carbons (Fsp3) is 0.190. The van der Waals surface area contributed by atoms with Crippen LogP contribution in [0.2, 0.25) is 0 Å². The first-order valence-corrected chi connectivity index (χ1v) is 9.80. The predicted octanol–water partition coefficient (Wildman–Crippen LogP) is 5.19. The van der Waals surface area contributed by atoms with Gasteiger partial charge in [-0.2, -0.15) is 5.26 Å². The monoisotopic (exact) mass is 376 g/mol. The SMILES string of the molecule is CCOc1ccc(Nc2nc(SC)nc(-c3ccc(C)cc3)c2C#N)cc1. The van der Waals surface area contributed by atoms with E-state index < -0.39 is 0 Å². The van der Waals surface area contributed by atoms with Gasteiger partial charge >= 0.3 is 0 Å². The van der Waals surface area contributed by atoms with Gasteiger partial charge in [-0.3, -0.25) is 0 Å². The van der Waals surface area contributed by atoms with E-state index in [9.17, 15) is 5.26 Å². The molecule has 0 saturated carbocycles. The van der Waals surface area contributed by atoms with Crippen molar-refractivity contribution in [1.82, 2.24) is 9.97 Å². The number of aryl methyl sites for hydroxylation is 1. The molecule has 0 spiro atoms. The van der Waals surface area contributed by atoms with E-state index >= 15 is 0 Å². The van der Waals surface area contributed by atoms with Crippen LogP contribution in [0.25, 0.3) is 11.3 Å². The zero-order chi connectivity index (χ0) is 19.2. The van der Waals surface area contributed by atoms with E-state index in [1.807, 2.05) is 68.6 Å². The molecule has 0 unspecified atom stereocenters. The zero-order valence-electron chi connectivity index (χ0n) is 15.5. The molecule has 27 heavy (non-hydrogen) atoms. The summed E-state index contributed by atoms with van der Waals surface area (Å²) in [6, 6.07) is 17.8. The molecule has 1 aromatic heterocycles. The number of hydrogen-bond donors (Lipinski definition) is 1. The summed E-state index contributed by atoms with van der Waals surface area (Å²) < 4.78 is 5.47. The van der Waals surface area contributed by atoms with Gasteiger partial charge in [0.15, 0.2) is 11.0 Å². The molecule has 0 amide bonds. The summed E-state index contributed by atoms with van der Waals surface area (Å²) in [6.07, 6.45) is 1.92. The van der Waals surface area contributed by atoms with Gasteiger partial charge in [0.05, 0.1) is 12.3 Å². The first-order valence-electron chi connectivity index (χ1n) is 8.57. The molecule has 5 nitrogen and oxygen atoms in total. The standard InChI is InChI=1S/C21H20N4OS/c1-4-26-17-11-9-16(10-12-17)23-20-18(13-22)19(24-21(25-20)27-3)15-7-5-14(2)6-8-15/h5-12H,4H2,1-3H3,(H,23,24,25). The minimum absolute atomic E-state index is 0.422. The first kappa shape index (κ1) is 18.7. The highest BCUT2D eigenvalue weighted by atomic mass is 32.2. The highest BCUT2D eigenvalue weighted by molar-refractivity contribution is 7.98. The summed E-state index contributed by atoms with van der Waals surface area (Å²) in [5.41, 5.74) is 3.93. The second-order valence-corrected chi connectivity index (χ2v) is 6.62. The number of anilines is 2. The van der Waals surface area contributed by atoms with Crippen LogP contribution in [-0.2, 0) is 0 Å². The molecule has 2 aromatic carbocycles. The molecule has 0 bridgehead atoms. The van der Waals surface area contributed by atoms with Gasteiger partial charge in [-0.05, 0) is 44.4 Å². The highest BCUT2D eigenvalue weighted by Crippen LogP contribution is 2.30. The lowest BCUT2D eigenvalue weighted by atomic mass is 10.1. The molecular formula is C21H20N4OS. The molecule has 1 heterocycles. The van der Waals surface area contributed by atoms with E-state index in [1.165, 1.54) is 11.8 Å². The van der Waals surface area contributed by atoms with Gasteiger partial charge in [0.25, 0.3) is 0 Å². The number of ether oxygens (including phenoxy) is 1. The van der Waals surface area contributed by atoms with Crippen molar-refractivity contribution in [2.45, 2.75) is 19.0 Å². The van der Waals surface area contributed by atoms with Crippen molar-refractivity contribution in [3.63, 3.8) is 0 Å². The van der Waals surface area contributed by atoms with Crippen molar-refractivity contribution in [3.8, 4) is 23.1 Å². The lowest BCUT2D eigenvalue weighted by molar-refractivity contribution is 0.340. The van der Waals surface area contributed by atoms with Crippen molar-refractivity contribution < 1.29 is 4.74 Å². The first-order chi connectivity index (χ1) is 13.1. The number of benzene rings is 2. The fourth-order valence-corrected chi connectivity index (χ4v) is 2.95. The molecule has 136 valence electrons. The molecule has 1 N–H and O–H groups in total. The molecular weight excluding hydrogens is 356 g/mol. The maximum atomic E-state index is 9.77. The molecule has 0 atom stereocenters. The summed E-state index contributed by atoms with van der Waals surface area (Å²) in [7, 11) is 0. The fourth-order valence-electron chi connectivity index (χ4n) is 2.59. The Hall–Kier alpha value is -3.04. The molecule has 3 aromatic rings. The topological polar surface area (TPSA) is 70.8 Å². The van der Waals surface area contributed by atoms with Crippen molar-refractivity contribution in [2.24, 2.45) is 0 Å². The lowest BCUT2D eigenvalue weighted by Gasteiger charge is -2.13. The van der Waals surface area contributed by atoms with Gasteiger partial charge in [-0.25, -0.2) is 9.97 Å². The Kier molecular flexibility index (Phi) is 5.94. The molecule has 0 saturated heterocycles. The summed E-state index contributed by atoms with van der Waals surface area (Å²) in [4.78, 5) is 9.08. The predicted molar refractivity (Wildman–Crippen MR) is 110 cm³/mol. The van der Waals surface area contributed by atoms with Gasteiger partial charge in [0.2, 0.25) is 0 Å². The van der Waals surface area contributed by atoms with Crippen LogP contribution in [0.4, 0.5) is 11.5 Å². The number of nitrogens with one attached hydrogen (secondary N) is 1. The Morgan fingerprint density at radius 2 is 1.78 bits per heavy atom. The van der Waals surface area contributed by atoms with Crippen LogP contribution in [0.3, 0.4) is 0 Å². The minimum atomic E-state index is 0.422. The quantitative estimate of drug-likeness (QED) is 0.472. The molecule has 0 radical (unpaired) electrons. The van der Waals surface area contributed by atoms with Gasteiger partial charge in [-0.15, -0.1) is 0 Å². The number of nitriles is 1. The minimum Gasteiger partial charge on any atom is -0.494 e. The average Bonchev–Trinajstić information content (AvgIpc) is 2.69. The van der Waals surface area contributed by atoms with E-state index in [-0.39, 0.29) is 0 Å². The number of aromatic nitrogens is 2.